The van der Waals surface area contributed by atoms with Gasteiger partial charge in [0.15, 0.2) is 0 Å². The molecule has 0 saturated heterocycles. The van der Waals surface area contributed by atoms with Crippen LogP contribution in [0.3, 0.4) is 0 Å². The number of carbonyl (C=O) groups is 1. The molecule has 1 aliphatic carbocycles. The largest absolute Gasteiger partial charge is 0.462 e. The van der Waals surface area contributed by atoms with E-state index in [0.717, 1.165) is 40.7 Å². The lowest BCUT2D eigenvalue weighted by Gasteiger charge is -2.37. The highest BCUT2D eigenvalue weighted by Crippen LogP contribution is 2.50. The van der Waals surface area contributed by atoms with E-state index in [4.69, 9.17) is 4.74 Å². The maximum atomic E-state index is 12.6. The Kier molecular flexibility index (Phi) is 6.02. The second kappa shape index (κ2) is 8.74. The van der Waals surface area contributed by atoms with Crippen LogP contribution in [0.1, 0.15) is 46.3 Å². The van der Waals surface area contributed by atoms with Crippen molar-refractivity contribution < 1.29 is 18.9 Å². The molecular formula is C25H30N3O4+. The van der Waals surface area contributed by atoms with E-state index in [1.54, 1.807) is 18.2 Å². The van der Waals surface area contributed by atoms with Gasteiger partial charge in [0, 0.05) is 30.2 Å². The summed E-state index contributed by atoms with van der Waals surface area (Å²) in [5, 5.41) is 14.6. The number of rotatable bonds is 7. The van der Waals surface area contributed by atoms with Crippen LogP contribution in [0.5, 0.6) is 0 Å². The Morgan fingerprint density at radius 1 is 1.19 bits per heavy atom. The van der Waals surface area contributed by atoms with Gasteiger partial charge in [-0.1, -0.05) is 24.3 Å². The summed E-state index contributed by atoms with van der Waals surface area (Å²) in [6.07, 6.45) is 6.13. The quantitative estimate of drug-likeness (QED) is 0.170. The van der Waals surface area contributed by atoms with Crippen LogP contribution in [0.2, 0.25) is 0 Å². The van der Waals surface area contributed by atoms with Gasteiger partial charge in [0.05, 0.1) is 50.8 Å². The van der Waals surface area contributed by atoms with E-state index in [9.17, 15) is 14.9 Å². The molecule has 0 bridgehead atoms. The number of quaternary nitrogens is 1. The lowest BCUT2D eigenvalue weighted by Crippen LogP contribution is -2.35. The van der Waals surface area contributed by atoms with Gasteiger partial charge in [-0.3, -0.25) is 10.1 Å². The van der Waals surface area contributed by atoms with Crippen molar-refractivity contribution in [3.8, 4) is 0 Å². The first-order valence-corrected chi connectivity index (χ1v) is 11.0. The Morgan fingerprint density at radius 3 is 2.62 bits per heavy atom. The number of hydrogen-bond acceptors (Lipinski definition) is 5. The SMILES string of the molecule is C[N+](C)(C)CCCOC(=O)c1ccc2c(c1)C1C=CCC1C(c1ccc([N+](=O)[O-])cc1)N2. The summed E-state index contributed by atoms with van der Waals surface area (Å²) < 4.78 is 6.35. The minimum atomic E-state index is -0.379. The summed E-state index contributed by atoms with van der Waals surface area (Å²) in [4.78, 5) is 23.2. The van der Waals surface area contributed by atoms with E-state index < -0.39 is 0 Å². The molecule has 0 fully saturated rings. The standard InChI is InChI=1S/C25H29N3O4/c1-28(2,3)14-5-15-32-25(29)18-10-13-23-22(16-18)20-6-4-7-21(20)24(26-23)17-8-11-19(12-9-17)27(30)31/h4,6,8-13,16,20-21,24H,5,7,14-15H2,1-3H3/p+1. The van der Waals surface area contributed by atoms with Crippen molar-refractivity contribution in [1.82, 2.24) is 0 Å². The Hall–Kier alpha value is -3.19. The predicted molar refractivity (Wildman–Crippen MR) is 124 cm³/mol. The normalized spacial score (nSPS) is 21.4. The van der Waals surface area contributed by atoms with Crippen molar-refractivity contribution >= 4 is 17.3 Å². The van der Waals surface area contributed by atoms with Crippen LogP contribution in [-0.4, -0.2) is 49.7 Å². The summed E-state index contributed by atoms with van der Waals surface area (Å²) in [6.45, 7) is 1.36. The van der Waals surface area contributed by atoms with E-state index in [-0.39, 0.29) is 28.5 Å². The van der Waals surface area contributed by atoms with E-state index in [0.29, 0.717) is 18.1 Å². The number of allylic oxidation sites excluding steroid dienone is 2. The molecule has 0 amide bonds. The monoisotopic (exact) mass is 436 g/mol. The molecule has 2 aromatic rings. The summed E-state index contributed by atoms with van der Waals surface area (Å²) in [7, 11) is 6.36. The second-order valence-corrected chi connectivity index (χ2v) is 9.63. The number of anilines is 1. The van der Waals surface area contributed by atoms with Gasteiger partial charge in [0.2, 0.25) is 0 Å². The summed E-state index contributed by atoms with van der Waals surface area (Å²) >= 11 is 0. The zero-order valence-corrected chi connectivity index (χ0v) is 18.8. The van der Waals surface area contributed by atoms with Crippen LogP contribution in [0.15, 0.2) is 54.6 Å². The fourth-order valence-electron chi connectivity index (χ4n) is 4.64. The van der Waals surface area contributed by atoms with Crippen LogP contribution >= 0.6 is 0 Å². The minimum Gasteiger partial charge on any atom is -0.462 e. The molecule has 7 heteroatoms. The third kappa shape index (κ3) is 4.67. The van der Waals surface area contributed by atoms with E-state index in [1.165, 1.54) is 0 Å². The molecule has 1 N–H and O–H groups in total. The number of ether oxygens (including phenoxy) is 1. The van der Waals surface area contributed by atoms with Crippen LogP contribution in [-0.2, 0) is 4.74 Å². The number of nitrogens with zero attached hydrogens (tertiary/aromatic N) is 2. The lowest BCUT2D eigenvalue weighted by atomic mass is 9.76. The molecule has 3 unspecified atom stereocenters. The average molecular weight is 437 g/mol. The van der Waals surface area contributed by atoms with Crippen LogP contribution in [0.25, 0.3) is 0 Å². The van der Waals surface area contributed by atoms with Crippen LogP contribution in [0, 0.1) is 16.0 Å². The number of nitro groups is 1. The van der Waals surface area contributed by atoms with Crippen molar-refractivity contribution in [1.29, 1.82) is 0 Å². The highest BCUT2D eigenvalue weighted by Gasteiger charge is 2.38. The maximum absolute atomic E-state index is 12.6. The first-order chi connectivity index (χ1) is 15.2. The lowest BCUT2D eigenvalue weighted by molar-refractivity contribution is -0.870. The summed E-state index contributed by atoms with van der Waals surface area (Å²) in [5.41, 5.74) is 3.78. The zero-order valence-electron chi connectivity index (χ0n) is 18.8. The van der Waals surface area contributed by atoms with Gasteiger partial charge in [-0.2, -0.15) is 0 Å². The minimum absolute atomic E-state index is 0.0524. The zero-order chi connectivity index (χ0) is 22.9. The van der Waals surface area contributed by atoms with Crippen LogP contribution < -0.4 is 5.32 Å². The van der Waals surface area contributed by atoms with Gasteiger partial charge in [0.1, 0.15) is 0 Å². The second-order valence-electron chi connectivity index (χ2n) is 9.63. The van der Waals surface area contributed by atoms with Gasteiger partial charge < -0.3 is 14.5 Å². The number of benzene rings is 2. The molecule has 3 atom stereocenters. The number of hydrogen-bond donors (Lipinski definition) is 1. The Labute approximate surface area is 188 Å². The molecule has 4 rings (SSSR count). The van der Waals surface area contributed by atoms with Gasteiger partial charge in [-0.25, -0.2) is 4.79 Å². The van der Waals surface area contributed by atoms with Gasteiger partial charge >= 0.3 is 5.97 Å². The van der Waals surface area contributed by atoms with Crippen LogP contribution in [0.4, 0.5) is 11.4 Å². The van der Waals surface area contributed by atoms with Gasteiger partial charge in [0.25, 0.3) is 5.69 Å². The smallest absolute Gasteiger partial charge is 0.338 e. The van der Waals surface area contributed by atoms with Crippen molar-refractivity contribution in [2.75, 3.05) is 39.6 Å². The molecule has 0 radical (unpaired) electrons. The highest BCUT2D eigenvalue weighted by atomic mass is 16.6. The average Bonchev–Trinajstić information content (AvgIpc) is 3.25. The first kappa shape index (κ1) is 22.0. The number of nitro benzene ring substituents is 1. The molecule has 0 aromatic heterocycles. The van der Waals surface area contributed by atoms with Gasteiger partial charge in [-0.05, 0) is 41.7 Å². The molecule has 1 heterocycles. The topological polar surface area (TPSA) is 81.5 Å². The number of nitrogens with one attached hydrogen (secondary N) is 1. The molecule has 7 nitrogen and oxygen atoms in total. The fourth-order valence-corrected chi connectivity index (χ4v) is 4.64. The molecule has 2 aliphatic rings. The first-order valence-electron chi connectivity index (χ1n) is 11.0. The van der Waals surface area contributed by atoms with Crippen molar-refractivity contribution in [3.05, 3.63) is 81.4 Å². The van der Waals surface area contributed by atoms with Crippen molar-refractivity contribution in [2.45, 2.75) is 24.8 Å². The van der Waals surface area contributed by atoms with E-state index in [2.05, 4.69) is 38.6 Å². The summed E-state index contributed by atoms with van der Waals surface area (Å²) in [5.74, 6) is 0.197. The number of non-ortho nitro benzene ring substituents is 1. The molecule has 1 aliphatic heterocycles. The Balaban J connectivity index is 1.50. The predicted octanol–water partition coefficient (Wildman–Crippen LogP) is 4.67. The van der Waals surface area contributed by atoms with E-state index in [1.807, 2.05) is 24.3 Å². The molecule has 0 spiro atoms. The number of carbonyl (C=O) groups excluding carboxylic acids is 1. The molecular weight excluding hydrogens is 406 g/mol. The number of fused-ring (bicyclic) bond motifs is 3. The third-order valence-corrected chi connectivity index (χ3v) is 6.27. The van der Waals surface area contributed by atoms with E-state index >= 15 is 0 Å². The molecule has 2 aromatic carbocycles. The molecule has 0 saturated carbocycles. The van der Waals surface area contributed by atoms with Gasteiger partial charge in [-0.15, -0.1) is 0 Å². The number of esters is 1. The third-order valence-electron chi connectivity index (χ3n) is 6.27. The molecule has 168 valence electrons. The van der Waals surface area contributed by atoms with Crippen molar-refractivity contribution in [2.24, 2.45) is 5.92 Å². The Bertz CT molecular complexity index is 1040. The Morgan fingerprint density at radius 2 is 1.94 bits per heavy atom. The highest BCUT2D eigenvalue weighted by molar-refractivity contribution is 5.90. The fraction of sp³-hybridized carbons (Fsp3) is 0.400. The maximum Gasteiger partial charge on any atom is 0.338 e. The molecule has 32 heavy (non-hydrogen) atoms. The summed E-state index contributed by atoms with van der Waals surface area (Å²) in [6, 6.07) is 12.5. The van der Waals surface area contributed by atoms with Crippen molar-refractivity contribution in [3.63, 3.8) is 0 Å².